The third-order valence-corrected chi connectivity index (χ3v) is 4.64. The van der Waals surface area contributed by atoms with Gasteiger partial charge in [0.05, 0.1) is 0 Å². The second-order valence-electron chi connectivity index (χ2n) is 6.64. The van der Waals surface area contributed by atoms with E-state index in [0.29, 0.717) is 24.1 Å². The van der Waals surface area contributed by atoms with Gasteiger partial charge < -0.3 is 14.5 Å². The largest absolute Gasteiger partial charge is 0.489 e. The lowest BCUT2D eigenvalue weighted by Gasteiger charge is -2.08. The molecule has 4 rings (SSSR count). The van der Waals surface area contributed by atoms with Crippen LogP contribution in [0.1, 0.15) is 21.7 Å². The summed E-state index contributed by atoms with van der Waals surface area (Å²) in [7, 11) is 0. The summed E-state index contributed by atoms with van der Waals surface area (Å²) in [5.74, 6) is 0.403. The first kappa shape index (κ1) is 18.7. The molecule has 0 radical (unpaired) electrons. The molecule has 0 saturated heterocycles. The average Bonchev–Trinajstić information content (AvgIpc) is 3.13. The minimum Gasteiger partial charge on any atom is -0.489 e. The summed E-state index contributed by atoms with van der Waals surface area (Å²) in [6.07, 6.45) is 0.599. The Hall–Kier alpha value is -3.60. The number of carbonyl (C=O) groups excluding carboxylic acids is 1. The van der Waals surface area contributed by atoms with E-state index in [0.717, 1.165) is 16.7 Å². The number of amides is 1. The third kappa shape index (κ3) is 4.46. The number of ether oxygens (including phenoxy) is 1. The number of hydrogen-bond donors (Lipinski definition) is 1. The summed E-state index contributed by atoms with van der Waals surface area (Å²) < 4.78 is 24.7. The van der Waals surface area contributed by atoms with Gasteiger partial charge in [0.25, 0.3) is 5.91 Å². The van der Waals surface area contributed by atoms with E-state index in [1.165, 1.54) is 12.1 Å². The molecule has 1 heterocycles. The van der Waals surface area contributed by atoms with Crippen molar-refractivity contribution in [1.29, 1.82) is 0 Å². The molecule has 0 aliphatic rings. The Morgan fingerprint density at radius 1 is 0.931 bits per heavy atom. The molecule has 146 valence electrons. The Bertz CT molecular complexity index is 1100. The van der Waals surface area contributed by atoms with Crippen LogP contribution in [0.3, 0.4) is 0 Å². The van der Waals surface area contributed by atoms with Gasteiger partial charge in [-0.05, 0) is 42.3 Å². The average molecular weight is 389 g/mol. The van der Waals surface area contributed by atoms with Gasteiger partial charge in [0, 0.05) is 17.5 Å². The molecule has 0 unspecified atom stereocenters. The van der Waals surface area contributed by atoms with Crippen LogP contribution >= 0.6 is 0 Å². The van der Waals surface area contributed by atoms with Crippen LogP contribution in [0, 0.1) is 5.82 Å². The number of hydrogen-bond acceptors (Lipinski definition) is 3. The van der Waals surface area contributed by atoms with Gasteiger partial charge in [-0.3, -0.25) is 4.79 Å². The van der Waals surface area contributed by atoms with Gasteiger partial charge in [-0.2, -0.15) is 0 Å². The van der Waals surface area contributed by atoms with Crippen LogP contribution in [0.25, 0.3) is 11.0 Å². The topological polar surface area (TPSA) is 51.5 Å². The van der Waals surface area contributed by atoms with Gasteiger partial charge in [0.2, 0.25) is 0 Å². The Labute approximate surface area is 167 Å². The maximum absolute atomic E-state index is 13.0. The highest BCUT2D eigenvalue weighted by Gasteiger charge is 2.20. The summed E-state index contributed by atoms with van der Waals surface area (Å²) in [6, 6.07) is 23.2. The molecule has 4 aromatic rings. The van der Waals surface area contributed by atoms with Crippen molar-refractivity contribution in [2.45, 2.75) is 13.0 Å². The normalized spacial score (nSPS) is 10.8. The molecule has 0 bridgehead atoms. The highest BCUT2D eigenvalue weighted by molar-refractivity contribution is 5.99. The van der Waals surface area contributed by atoms with E-state index in [2.05, 4.69) is 5.32 Å². The van der Waals surface area contributed by atoms with Gasteiger partial charge in [-0.1, -0.05) is 48.5 Å². The number of rotatable bonds is 7. The smallest absolute Gasteiger partial charge is 0.287 e. The molecule has 0 atom stereocenters. The SMILES string of the molecule is O=C(NCCc1ccc(F)cc1)c1oc2ccccc2c1COc1ccccc1. The van der Waals surface area contributed by atoms with Crippen LogP contribution < -0.4 is 10.1 Å². The van der Waals surface area contributed by atoms with E-state index in [4.69, 9.17) is 9.15 Å². The number of halogens is 1. The standard InChI is InChI=1S/C24H20FNO3/c25-18-12-10-17(11-13-18)14-15-26-24(27)23-21(16-28-19-6-2-1-3-7-19)20-8-4-5-9-22(20)29-23/h1-13H,14-16H2,(H,26,27). The number of fused-ring (bicyclic) bond motifs is 1. The van der Waals surface area contributed by atoms with Gasteiger partial charge in [-0.15, -0.1) is 0 Å². The zero-order chi connectivity index (χ0) is 20.1. The second-order valence-corrected chi connectivity index (χ2v) is 6.64. The predicted octanol–water partition coefficient (Wildman–Crippen LogP) is 5.12. The maximum atomic E-state index is 13.0. The first-order chi connectivity index (χ1) is 14.2. The molecule has 1 N–H and O–H groups in total. The molecule has 5 heteroatoms. The number of benzene rings is 3. The summed E-state index contributed by atoms with van der Waals surface area (Å²) in [5, 5.41) is 3.73. The Kier molecular flexibility index (Phi) is 5.56. The highest BCUT2D eigenvalue weighted by atomic mass is 19.1. The monoisotopic (exact) mass is 389 g/mol. The number of carbonyl (C=O) groups is 1. The maximum Gasteiger partial charge on any atom is 0.287 e. The van der Waals surface area contributed by atoms with E-state index < -0.39 is 0 Å². The minimum absolute atomic E-state index is 0.224. The fourth-order valence-electron chi connectivity index (χ4n) is 3.15. The molecule has 0 saturated carbocycles. The number of para-hydroxylation sites is 2. The van der Waals surface area contributed by atoms with Crippen molar-refractivity contribution in [3.05, 3.63) is 102 Å². The molecular weight excluding hydrogens is 369 g/mol. The third-order valence-electron chi connectivity index (χ3n) is 4.64. The van der Waals surface area contributed by atoms with Crippen LogP contribution in [0.15, 0.2) is 83.3 Å². The van der Waals surface area contributed by atoms with Crippen molar-refractivity contribution in [2.75, 3.05) is 6.54 Å². The predicted molar refractivity (Wildman–Crippen MR) is 109 cm³/mol. The molecule has 0 aliphatic carbocycles. The Balaban J connectivity index is 1.49. The number of furan rings is 1. The molecule has 1 amide bonds. The Morgan fingerprint density at radius 2 is 1.66 bits per heavy atom. The van der Waals surface area contributed by atoms with E-state index in [9.17, 15) is 9.18 Å². The van der Waals surface area contributed by atoms with Gasteiger partial charge in [-0.25, -0.2) is 4.39 Å². The minimum atomic E-state index is -0.296. The number of nitrogens with one attached hydrogen (secondary N) is 1. The summed E-state index contributed by atoms with van der Waals surface area (Å²) >= 11 is 0. The van der Waals surface area contributed by atoms with Crippen LogP contribution in [0.4, 0.5) is 4.39 Å². The molecule has 4 nitrogen and oxygen atoms in total. The van der Waals surface area contributed by atoms with E-state index >= 15 is 0 Å². The van der Waals surface area contributed by atoms with Crippen molar-refractivity contribution in [1.82, 2.24) is 5.32 Å². The molecule has 0 spiro atoms. The second kappa shape index (κ2) is 8.61. The van der Waals surface area contributed by atoms with Gasteiger partial charge in [0.15, 0.2) is 5.76 Å². The molecule has 1 aromatic heterocycles. The quantitative estimate of drug-likeness (QED) is 0.477. The Morgan fingerprint density at radius 3 is 2.45 bits per heavy atom. The summed E-state index contributed by atoms with van der Waals surface area (Å²) in [5.41, 5.74) is 2.30. The van der Waals surface area contributed by atoms with Crippen molar-refractivity contribution >= 4 is 16.9 Å². The highest BCUT2D eigenvalue weighted by Crippen LogP contribution is 2.27. The molecular formula is C24H20FNO3. The van der Waals surface area contributed by atoms with Crippen LogP contribution in [0.5, 0.6) is 5.75 Å². The van der Waals surface area contributed by atoms with E-state index in [1.807, 2.05) is 54.6 Å². The first-order valence-electron chi connectivity index (χ1n) is 9.41. The van der Waals surface area contributed by atoms with Crippen LogP contribution in [-0.4, -0.2) is 12.5 Å². The fourth-order valence-corrected chi connectivity index (χ4v) is 3.15. The van der Waals surface area contributed by atoms with E-state index in [1.54, 1.807) is 12.1 Å². The van der Waals surface area contributed by atoms with E-state index in [-0.39, 0.29) is 24.1 Å². The zero-order valence-corrected chi connectivity index (χ0v) is 15.7. The molecule has 29 heavy (non-hydrogen) atoms. The van der Waals surface area contributed by atoms with Gasteiger partial charge in [0.1, 0.15) is 23.8 Å². The van der Waals surface area contributed by atoms with Gasteiger partial charge >= 0.3 is 0 Å². The van der Waals surface area contributed by atoms with Crippen molar-refractivity contribution in [3.8, 4) is 5.75 Å². The van der Waals surface area contributed by atoms with Crippen LogP contribution in [0.2, 0.25) is 0 Å². The zero-order valence-electron chi connectivity index (χ0n) is 15.7. The van der Waals surface area contributed by atoms with Crippen LogP contribution in [-0.2, 0) is 13.0 Å². The van der Waals surface area contributed by atoms with Crippen molar-refractivity contribution < 1.29 is 18.3 Å². The first-order valence-corrected chi connectivity index (χ1v) is 9.41. The lowest BCUT2D eigenvalue weighted by atomic mass is 10.1. The lowest BCUT2D eigenvalue weighted by molar-refractivity contribution is 0.0925. The molecule has 0 fully saturated rings. The molecule has 0 aliphatic heterocycles. The molecule has 3 aromatic carbocycles. The van der Waals surface area contributed by atoms with Crippen molar-refractivity contribution in [2.24, 2.45) is 0 Å². The summed E-state index contributed by atoms with van der Waals surface area (Å²) in [4.78, 5) is 12.8. The van der Waals surface area contributed by atoms with Crippen molar-refractivity contribution in [3.63, 3.8) is 0 Å². The summed E-state index contributed by atoms with van der Waals surface area (Å²) in [6.45, 7) is 0.641. The fraction of sp³-hybridized carbons (Fsp3) is 0.125. The lowest BCUT2D eigenvalue weighted by Crippen LogP contribution is -2.26.